The Hall–Kier alpha value is -0.860. The first-order chi connectivity index (χ1) is 5.67. The van der Waals surface area contributed by atoms with E-state index in [1.165, 1.54) is 0 Å². The predicted molar refractivity (Wildman–Crippen MR) is 59.3 cm³/mol. The summed E-state index contributed by atoms with van der Waals surface area (Å²) in [6.07, 6.45) is 1.76. The molecule has 0 aliphatic heterocycles. The smallest absolute Gasteiger partial charge is 0.0831 e. The highest BCUT2D eigenvalue weighted by Crippen LogP contribution is 2.15. The van der Waals surface area contributed by atoms with Crippen LogP contribution < -0.4 is 5.84 Å². The van der Waals surface area contributed by atoms with Gasteiger partial charge in [-0.2, -0.15) is 5.10 Å². The fourth-order valence-electron chi connectivity index (χ4n) is 0.675. The number of hydrogen-bond donors (Lipinski definition) is 1. The van der Waals surface area contributed by atoms with Gasteiger partial charge >= 0.3 is 0 Å². The molecule has 0 aromatic heterocycles. The van der Waals surface area contributed by atoms with Crippen LogP contribution in [0.2, 0.25) is 0 Å². The van der Waals surface area contributed by atoms with Crippen molar-refractivity contribution in [3.63, 3.8) is 0 Å². The molecule has 0 saturated heterocycles. The molecule has 0 fully saturated rings. The van der Waals surface area contributed by atoms with Crippen molar-refractivity contribution in [3.05, 3.63) is 0 Å². The molecule has 76 valence electrons. The lowest BCUT2D eigenvalue weighted by molar-refractivity contribution is 0.579. The number of hydrogen-bond acceptors (Lipinski definition) is 3. The quantitative estimate of drug-likeness (QED) is 0.378. The Kier molecular flexibility index (Phi) is 3.64. The van der Waals surface area contributed by atoms with E-state index in [-0.39, 0.29) is 11.0 Å². The van der Waals surface area contributed by atoms with Gasteiger partial charge in [-0.1, -0.05) is 20.8 Å². The zero-order valence-electron chi connectivity index (χ0n) is 9.55. The molecule has 0 bridgehead atoms. The Balaban J connectivity index is 4.61. The van der Waals surface area contributed by atoms with Crippen molar-refractivity contribution < 1.29 is 0 Å². The van der Waals surface area contributed by atoms with E-state index in [0.29, 0.717) is 0 Å². The van der Waals surface area contributed by atoms with Gasteiger partial charge in [-0.05, 0) is 20.8 Å². The molecule has 0 atom stereocenters. The second-order valence-corrected chi connectivity index (χ2v) is 5.19. The fourth-order valence-corrected chi connectivity index (χ4v) is 0.675. The fraction of sp³-hybridized carbons (Fsp3) is 0.800. The summed E-state index contributed by atoms with van der Waals surface area (Å²) in [6.45, 7) is 12.3. The van der Waals surface area contributed by atoms with Crippen LogP contribution in [0, 0.1) is 5.41 Å². The van der Waals surface area contributed by atoms with Crippen LogP contribution in [0.5, 0.6) is 0 Å². The first kappa shape index (κ1) is 12.1. The van der Waals surface area contributed by atoms with E-state index in [1.54, 1.807) is 6.21 Å². The minimum atomic E-state index is -0.0683. The summed E-state index contributed by atoms with van der Waals surface area (Å²) >= 11 is 0. The van der Waals surface area contributed by atoms with Gasteiger partial charge in [0.1, 0.15) is 0 Å². The molecular formula is C10H21N3. The summed E-state index contributed by atoms with van der Waals surface area (Å²) in [5.41, 5.74) is 0.715. The molecule has 0 saturated carbocycles. The Morgan fingerprint density at radius 2 is 1.54 bits per heavy atom. The average molecular weight is 183 g/mol. The maximum Gasteiger partial charge on any atom is 0.0831 e. The molecule has 3 heteroatoms. The van der Waals surface area contributed by atoms with E-state index in [0.717, 1.165) is 5.71 Å². The van der Waals surface area contributed by atoms with Crippen LogP contribution in [-0.4, -0.2) is 17.5 Å². The van der Waals surface area contributed by atoms with Crippen LogP contribution >= 0.6 is 0 Å². The minimum absolute atomic E-state index is 0.0382. The molecule has 13 heavy (non-hydrogen) atoms. The number of nitrogens with zero attached hydrogens (tertiary/aromatic N) is 2. The third-order valence-corrected chi connectivity index (χ3v) is 1.48. The Bertz CT molecular complexity index is 213. The molecule has 0 radical (unpaired) electrons. The van der Waals surface area contributed by atoms with Gasteiger partial charge in [0.05, 0.1) is 11.3 Å². The lowest BCUT2D eigenvalue weighted by Crippen LogP contribution is -2.25. The number of rotatable bonds is 1. The van der Waals surface area contributed by atoms with Crippen molar-refractivity contribution in [1.82, 2.24) is 0 Å². The first-order valence-electron chi connectivity index (χ1n) is 4.50. The Labute approximate surface area is 81.1 Å². The van der Waals surface area contributed by atoms with Gasteiger partial charge in [0.15, 0.2) is 0 Å². The molecular weight excluding hydrogens is 162 g/mol. The summed E-state index contributed by atoms with van der Waals surface area (Å²) in [7, 11) is 0. The SMILES string of the molecule is CC(C)(C)N=C/C(=N\N)C(C)(C)C. The molecule has 0 amide bonds. The van der Waals surface area contributed by atoms with E-state index in [1.807, 2.05) is 20.8 Å². The van der Waals surface area contributed by atoms with E-state index in [4.69, 9.17) is 5.84 Å². The van der Waals surface area contributed by atoms with Gasteiger partial charge < -0.3 is 5.84 Å². The van der Waals surface area contributed by atoms with Crippen molar-refractivity contribution in [2.75, 3.05) is 0 Å². The first-order valence-corrected chi connectivity index (χ1v) is 4.50. The third kappa shape index (κ3) is 5.39. The van der Waals surface area contributed by atoms with E-state index < -0.39 is 0 Å². The summed E-state index contributed by atoms with van der Waals surface area (Å²) in [5, 5.41) is 3.73. The summed E-state index contributed by atoms with van der Waals surface area (Å²) in [6, 6.07) is 0. The van der Waals surface area contributed by atoms with Gasteiger partial charge in [0.2, 0.25) is 0 Å². The maximum absolute atomic E-state index is 5.28. The average Bonchev–Trinajstić information content (AvgIpc) is 1.82. The zero-order valence-corrected chi connectivity index (χ0v) is 9.55. The summed E-state index contributed by atoms with van der Waals surface area (Å²) in [5.74, 6) is 5.28. The van der Waals surface area contributed by atoms with Gasteiger partial charge in [0, 0.05) is 11.6 Å². The van der Waals surface area contributed by atoms with E-state index in [9.17, 15) is 0 Å². The number of nitrogens with two attached hydrogens (primary N) is 1. The summed E-state index contributed by atoms with van der Waals surface area (Å²) < 4.78 is 0. The van der Waals surface area contributed by atoms with Crippen molar-refractivity contribution >= 4 is 11.9 Å². The highest BCUT2D eigenvalue weighted by Gasteiger charge is 2.17. The molecule has 2 N–H and O–H groups in total. The summed E-state index contributed by atoms with van der Waals surface area (Å²) in [4.78, 5) is 4.36. The lowest BCUT2D eigenvalue weighted by Gasteiger charge is -2.18. The van der Waals surface area contributed by atoms with Gasteiger partial charge in [-0.3, -0.25) is 4.99 Å². The van der Waals surface area contributed by atoms with Gasteiger partial charge in [0.25, 0.3) is 0 Å². The van der Waals surface area contributed by atoms with Crippen LogP contribution in [0.1, 0.15) is 41.5 Å². The lowest BCUT2D eigenvalue weighted by atomic mass is 9.90. The maximum atomic E-state index is 5.28. The standard InChI is InChI=1S/C10H21N3/c1-9(2,3)8(13-11)7-12-10(4,5)6/h7H,11H2,1-6H3/b12-7?,13-8+. The largest absolute Gasteiger partial charge is 0.323 e. The predicted octanol–water partition coefficient (Wildman–Crippen LogP) is 2.22. The number of hydrazone groups is 1. The van der Waals surface area contributed by atoms with Crippen molar-refractivity contribution in [3.8, 4) is 0 Å². The minimum Gasteiger partial charge on any atom is -0.323 e. The van der Waals surface area contributed by atoms with Crippen molar-refractivity contribution in [2.24, 2.45) is 21.4 Å². The topological polar surface area (TPSA) is 50.7 Å². The molecule has 0 unspecified atom stereocenters. The van der Waals surface area contributed by atoms with E-state index >= 15 is 0 Å². The van der Waals surface area contributed by atoms with Crippen LogP contribution in [0.3, 0.4) is 0 Å². The molecule has 0 spiro atoms. The van der Waals surface area contributed by atoms with Crippen LogP contribution in [0.25, 0.3) is 0 Å². The Morgan fingerprint density at radius 1 is 1.08 bits per heavy atom. The van der Waals surface area contributed by atoms with Gasteiger partial charge in [-0.15, -0.1) is 0 Å². The van der Waals surface area contributed by atoms with Crippen LogP contribution in [0.15, 0.2) is 10.1 Å². The molecule has 0 aliphatic carbocycles. The molecule has 0 aromatic carbocycles. The van der Waals surface area contributed by atoms with Crippen LogP contribution in [-0.2, 0) is 0 Å². The third-order valence-electron chi connectivity index (χ3n) is 1.48. The zero-order chi connectivity index (χ0) is 10.7. The molecule has 0 aliphatic rings. The highest BCUT2D eigenvalue weighted by atomic mass is 15.1. The number of aliphatic imine (C=N–C) groups is 1. The van der Waals surface area contributed by atoms with Crippen LogP contribution in [0.4, 0.5) is 0 Å². The molecule has 0 heterocycles. The highest BCUT2D eigenvalue weighted by molar-refractivity contribution is 6.32. The second kappa shape index (κ2) is 3.90. The molecule has 3 nitrogen and oxygen atoms in total. The van der Waals surface area contributed by atoms with Crippen molar-refractivity contribution in [1.29, 1.82) is 0 Å². The second-order valence-electron chi connectivity index (χ2n) is 5.19. The normalized spacial score (nSPS) is 15.4. The molecule has 0 rings (SSSR count). The van der Waals surface area contributed by atoms with Gasteiger partial charge in [-0.25, -0.2) is 0 Å². The monoisotopic (exact) mass is 183 g/mol. The van der Waals surface area contributed by atoms with E-state index in [2.05, 4.69) is 30.9 Å². The molecule has 0 aromatic rings. The van der Waals surface area contributed by atoms with Crippen molar-refractivity contribution in [2.45, 2.75) is 47.1 Å². The Morgan fingerprint density at radius 3 is 1.77 bits per heavy atom.